The van der Waals surface area contributed by atoms with E-state index in [1.54, 1.807) is 0 Å². The smallest absolute Gasteiger partial charge is 0.135 e. The Labute approximate surface area is 162 Å². The van der Waals surface area contributed by atoms with Crippen LogP contribution >= 0.6 is 27.5 Å². The maximum atomic E-state index is 6.29. The van der Waals surface area contributed by atoms with Crippen molar-refractivity contribution in [1.82, 2.24) is 5.32 Å². The lowest BCUT2D eigenvalue weighted by atomic mass is 10.1. The van der Waals surface area contributed by atoms with Gasteiger partial charge in [0, 0.05) is 16.1 Å². The summed E-state index contributed by atoms with van der Waals surface area (Å²) in [4.78, 5) is 0. The summed E-state index contributed by atoms with van der Waals surface area (Å²) < 4.78 is 6.90. The Morgan fingerprint density at radius 1 is 1.08 bits per heavy atom. The van der Waals surface area contributed by atoms with Gasteiger partial charge in [-0.05, 0) is 55.7 Å². The largest absolute Gasteiger partial charge is 0.460 e. The first-order valence-electron chi connectivity index (χ1n) is 8.43. The van der Waals surface area contributed by atoms with Crippen molar-refractivity contribution in [2.24, 2.45) is 0 Å². The number of nitrogens with one attached hydrogen (secondary N) is 1. The zero-order valence-electron chi connectivity index (χ0n) is 14.1. The maximum absolute atomic E-state index is 6.29. The quantitative estimate of drug-likeness (QED) is 0.475. The maximum Gasteiger partial charge on any atom is 0.135 e. The van der Waals surface area contributed by atoms with Crippen molar-refractivity contribution < 1.29 is 4.42 Å². The second-order valence-electron chi connectivity index (χ2n) is 6.20. The van der Waals surface area contributed by atoms with E-state index < -0.39 is 0 Å². The molecule has 1 heterocycles. The van der Waals surface area contributed by atoms with E-state index >= 15 is 0 Å². The number of halogens is 2. The van der Waals surface area contributed by atoms with Crippen LogP contribution in [0, 0.1) is 0 Å². The molecule has 2 nitrogen and oxygen atoms in total. The molecular weight excluding hydrogens is 398 g/mol. The van der Waals surface area contributed by atoms with Crippen LogP contribution in [0.3, 0.4) is 0 Å². The van der Waals surface area contributed by atoms with Crippen molar-refractivity contribution >= 4 is 27.5 Å². The Kier molecular flexibility index (Phi) is 6.35. The summed E-state index contributed by atoms with van der Waals surface area (Å²) in [6.45, 7) is 2.92. The first-order valence-corrected chi connectivity index (χ1v) is 9.60. The molecule has 0 amide bonds. The van der Waals surface area contributed by atoms with Gasteiger partial charge in [0.15, 0.2) is 0 Å². The number of hydrogen-bond donors (Lipinski definition) is 1. The molecule has 3 aromatic rings. The predicted molar refractivity (Wildman–Crippen MR) is 108 cm³/mol. The van der Waals surface area contributed by atoms with Gasteiger partial charge in [0.1, 0.15) is 11.5 Å². The normalized spacial score (nSPS) is 12.3. The summed E-state index contributed by atoms with van der Waals surface area (Å²) in [5.74, 6) is 1.71. The summed E-state index contributed by atoms with van der Waals surface area (Å²) >= 11 is 9.72. The average Bonchev–Trinajstić information content (AvgIpc) is 3.08. The highest BCUT2D eigenvalue weighted by Gasteiger charge is 2.10. The van der Waals surface area contributed by atoms with Crippen molar-refractivity contribution in [1.29, 1.82) is 0 Å². The molecule has 130 valence electrons. The highest BCUT2D eigenvalue weighted by atomic mass is 79.9. The highest BCUT2D eigenvalue weighted by Crippen LogP contribution is 2.31. The van der Waals surface area contributed by atoms with E-state index in [9.17, 15) is 0 Å². The predicted octanol–water partition coefficient (Wildman–Crippen LogP) is 6.47. The zero-order valence-corrected chi connectivity index (χ0v) is 16.5. The summed E-state index contributed by atoms with van der Waals surface area (Å²) in [6.07, 6.45) is 2.17. The minimum absolute atomic E-state index is 0.421. The molecule has 0 aliphatic rings. The lowest BCUT2D eigenvalue weighted by molar-refractivity contribution is 0.449. The van der Waals surface area contributed by atoms with Gasteiger partial charge < -0.3 is 9.73 Å². The molecule has 3 rings (SSSR count). The molecule has 0 spiro atoms. The van der Waals surface area contributed by atoms with E-state index in [2.05, 4.69) is 58.5 Å². The topological polar surface area (TPSA) is 25.2 Å². The third-order valence-electron chi connectivity index (χ3n) is 4.19. The molecule has 25 heavy (non-hydrogen) atoms. The van der Waals surface area contributed by atoms with Crippen molar-refractivity contribution in [2.45, 2.75) is 32.4 Å². The summed E-state index contributed by atoms with van der Waals surface area (Å²) in [5.41, 5.74) is 2.29. The van der Waals surface area contributed by atoms with E-state index in [0.717, 1.165) is 34.4 Å². The minimum Gasteiger partial charge on any atom is -0.460 e. The molecule has 0 saturated carbocycles. The van der Waals surface area contributed by atoms with Crippen LogP contribution in [0.5, 0.6) is 0 Å². The van der Waals surface area contributed by atoms with E-state index in [0.29, 0.717) is 17.6 Å². The van der Waals surface area contributed by atoms with Gasteiger partial charge in [-0.25, -0.2) is 0 Å². The fourth-order valence-electron chi connectivity index (χ4n) is 2.71. The number of furan rings is 1. The molecular formula is C21H21BrClNO. The summed E-state index contributed by atoms with van der Waals surface area (Å²) in [5, 5.41) is 4.20. The Morgan fingerprint density at radius 3 is 2.64 bits per heavy atom. The van der Waals surface area contributed by atoms with Crippen molar-refractivity contribution in [3.8, 4) is 11.3 Å². The molecule has 0 saturated heterocycles. The minimum atomic E-state index is 0.421. The van der Waals surface area contributed by atoms with Crippen LogP contribution in [0.25, 0.3) is 11.3 Å². The molecule has 1 N–H and O–H groups in total. The van der Waals surface area contributed by atoms with Crippen molar-refractivity contribution in [3.63, 3.8) is 0 Å². The van der Waals surface area contributed by atoms with Crippen LogP contribution < -0.4 is 5.32 Å². The molecule has 0 bridgehead atoms. The second-order valence-corrected chi connectivity index (χ2v) is 7.52. The fourth-order valence-corrected chi connectivity index (χ4v) is 3.48. The third-order valence-corrected chi connectivity index (χ3v) is 5.00. The van der Waals surface area contributed by atoms with Gasteiger partial charge in [-0.1, -0.05) is 57.9 Å². The van der Waals surface area contributed by atoms with E-state index in [-0.39, 0.29) is 0 Å². The number of aryl methyl sites for hydroxylation is 1. The van der Waals surface area contributed by atoms with Crippen molar-refractivity contribution in [2.75, 3.05) is 0 Å². The molecule has 0 unspecified atom stereocenters. The second kappa shape index (κ2) is 8.70. The Morgan fingerprint density at radius 2 is 1.88 bits per heavy atom. The van der Waals surface area contributed by atoms with Crippen molar-refractivity contribution in [3.05, 3.63) is 81.5 Å². The van der Waals surface area contributed by atoms with Gasteiger partial charge in [-0.15, -0.1) is 0 Å². The zero-order chi connectivity index (χ0) is 17.6. The fraction of sp³-hybridized carbons (Fsp3) is 0.238. The average molecular weight is 419 g/mol. The Balaban J connectivity index is 1.53. The first kappa shape index (κ1) is 18.2. The Hall–Kier alpha value is -1.55. The molecule has 4 heteroatoms. The third kappa shape index (κ3) is 5.21. The van der Waals surface area contributed by atoms with E-state index in [4.69, 9.17) is 16.0 Å². The van der Waals surface area contributed by atoms with Crippen LogP contribution in [-0.4, -0.2) is 6.04 Å². The van der Waals surface area contributed by atoms with Gasteiger partial charge in [0.25, 0.3) is 0 Å². The van der Waals surface area contributed by atoms with E-state index in [1.807, 2.05) is 30.3 Å². The SMILES string of the molecule is C[C@H](CCc1ccccc1)NCc1ccc(-c2ccc(Br)cc2Cl)o1. The van der Waals surface area contributed by atoms with Gasteiger partial charge in [0.05, 0.1) is 11.6 Å². The van der Waals surface area contributed by atoms with Crippen LogP contribution in [0.1, 0.15) is 24.7 Å². The number of benzene rings is 2. The summed E-state index contributed by atoms with van der Waals surface area (Å²) in [7, 11) is 0. The monoisotopic (exact) mass is 417 g/mol. The van der Waals surface area contributed by atoms with Gasteiger partial charge in [-0.2, -0.15) is 0 Å². The molecule has 0 aliphatic carbocycles. The lowest BCUT2D eigenvalue weighted by Crippen LogP contribution is -2.25. The van der Waals surface area contributed by atoms with Crippen LogP contribution in [0.2, 0.25) is 5.02 Å². The lowest BCUT2D eigenvalue weighted by Gasteiger charge is -2.12. The molecule has 0 aliphatic heterocycles. The number of hydrogen-bond acceptors (Lipinski definition) is 2. The van der Waals surface area contributed by atoms with Gasteiger partial charge in [0.2, 0.25) is 0 Å². The number of rotatable bonds is 7. The van der Waals surface area contributed by atoms with Crippen LogP contribution in [0.4, 0.5) is 0 Å². The molecule has 0 radical (unpaired) electrons. The van der Waals surface area contributed by atoms with Crippen LogP contribution in [0.15, 0.2) is 69.6 Å². The molecule has 1 aromatic heterocycles. The van der Waals surface area contributed by atoms with Gasteiger partial charge >= 0.3 is 0 Å². The molecule has 2 aromatic carbocycles. The first-order chi connectivity index (χ1) is 12.1. The molecule has 0 fully saturated rings. The summed E-state index contributed by atoms with van der Waals surface area (Å²) in [6, 6.07) is 20.8. The Bertz CT molecular complexity index is 816. The van der Waals surface area contributed by atoms with Gasteiger partial charge in [-0.3, -0.25) is 0 Å². The van der Waals surface area contributed by atoms with Crippen LogP contribution in [-0.2, 0) is 13.0 Å². The molecule has 1 atom stereocenters. The standard InChI is InChI=1S/C21H21BrClNO/c1-15(7-8-16-5-3-2-4-6-16)24-14-18-10-12-21(25-18)19-11-9-17(22)13-20(19)23/h2-6,9-13,15,24H,7-8,14H2,1H3/t15-/m1/s1. The van der Waals surface area contributed by atoms with E-state index in [1.165, 1.54) is 5.56 Å². The highest BCUT2D eigenvalue weighted by molar-refractivity contribution is 9.10.